The summed E-state index contributed by atoms with van der Waals surface area (Å²) in [4.78, 5) is 14.0. The number of anilines is 1. The van der Waals surface area contributed by atoms with Gasteiger partial charge in [-0.15, -0.1) is 0 Å². The monoisotopic (exact) mass is 268 g/mol. The Morgan fingerprint density at radius 1 is 1.44 bits per heavy atom. The average molecular weight is 268 g/mol. The maximum Gasteiger partial charge on any atom is 0.235 e. The van der Waals surface area contributed by atoms with E-state index in [0.717, 1.165) is 5.56 Å². The van der Waals surface area contributed by atoms with Crippen LogP contribution in [0.2, 0.25) is 0 Å². The maximum atomic E-state index is 12.1. The van der Waals surface area contributed by atoms with Crippen LogP contribution in [-0.2, 0) is 15.6 Å². The predicted octanol–water partition coefficient (Wildman–Crippen LogP) is 1.55. The summed E-state index contributed by atoms with van der Waals surface area (Å²) >= 11 is 0. The van der Waals surface area contributed by atoms with Gasteiger partial charge in [-0.1, -0.05) is 12.1 Å². The quantitative estimate of drug-likeness (QED) is 0.843. The largest absolute Gasteiger partial charge is 0.398 e. The van der Waals surface area contributed by atoms with E-state index in [4.69, 9.17) is 5.73 Å². The third kappa shape index (κ3) is 3.32. The lowest BCUT2D eigenvalue weighted by atomic mass is 10.2. The number of hydrogen-bond acceptors (Lipinski definition) is 3. The molecule has 0 aromatic heterocycles. The van der Waals surface area contributed by atoms with Crippen molar-refractivity contribution in [2.45, 2.75) is 31.7 Å². The molecule has 18 heavy (non-hydrogen) atoms. The SMILES string of the molecule is Cc1cccc(S(=O)CC(=O)N(C)C(C)C)c1N. The van der Waals surface area contributed by atoms with Crippen molar-refractivity contribution < 1.29 is 9.00 Å². The fourth-order valence-electron chi connectivity index (χ4n) is 1.43. The van der Waals surface area contributed by atoms with E-state index in [1.54, 1.807) is 24.1 Å². The summed E-state index contributed by atoms with van der Waals surface area (Å²) in [5.41, 5.74) is 7.27. The van der Waals surface area contributed by atoms with Crippen LogP contribution in [0, 0.1) is 6.92 Å². The molecule has 1 aromatic carbocycles. The van der Waals surface area contributed by atoms with Crippen molar-refractivity contribution in [2.75, 3.05) is 18.5 Å². The summed E-state index contributed by atoms with van der Waals surface area (Å²) in [5.74, 6) is -0.160. The summed E-state index contributed by atoms with van der Waals surface area (Å²) in [6, 6.07) is 5.47. The zero-order valence-corrected chi connectivity index (χ0v) is 12.1. The van der Waals surface area contributed by atoms with E-state index in [9.17, 15) is 9.00 Å². The van der Waals surface area contributed by atoms with Gasteiger partial charge in [0, 0.05) is 13.1 Å². The van der Waals surface area contributed by atoms with E-state index < -0.39 is 10.8 Å². The molecule has 100 valence electrons. The average Bonchev–Trinajstić information content (AvgIpc) is 2.31. The van der Waals surface area contributed by atoms with Gasteiger partial charge in [-0.05, 0) is 32.4 Å². The molecule has 0 bridgehead atoms. The number of nitrogens with two attached hydrogens (primary N) is 1. The number of carbonyl (C=O) groups is 1. The molecule has 0 aliphatic heterocycles. The van der Waals surface area contributed by atoms with Crippen molar-refractivity contribution in [3.05, 3.63) is 23.8 Å². The first-order valence-corrected chi connectivity index (χ1v) is 7.15. The summed E-state index contributed by atoms with van der Waals surface area (Å²) < 4.78 is 12.1. The Labute approximate surface area is 111 Å². The summed E-state index contributed by atoms with van der Waals surface area (Å²) in [6.45, 7) is 5.70. The van der Waals surface area contributed by atoms with Crippen LogP contribution < -0.4 is 5.73 Å². The van der Waals surface area contributed by atoms with E-state index in [-0.39, 0.29) is 17.7 Å². The second-order valence-electron chi connectivity index (χ2n) is 4.57. The Hall–Kier alpha value is -1.36. The second-order valence-corrected chi connectivity index (χ2v) is 5.99. The van der Waals surface area contributed by atoms with Gasteiger partial charge in [-0.25, -0.2) is 0 Å². The minimum absolute atomic E-state index is 0.0255. The minimum atomic E-state index is -1.39. The van der Waals surface area contributed by atoms with Crippen molar-refractivity contribution in [1.82, 2.24) is 4.90 Å². The van der Waals surface area contributed by atoms with E-state index in [0.29, 0.717) is 10.6 Å². The molecule has 4 nitrogen and oxygen atoms in total. The van der Waals surface area contributed by atoms with Crippen molar-refractivity contribution in [2.24, 2.45) is 0 Å². The summed E-state index contributed by atoms with van der Waals surface area (Å²) in [7, 11) is 0.323. The van der Waals surface area contributed by atoms with Crippen LogP contribution in [-0.4, -0.2) is 33.9 Å². The van der Waals surface area contributed by atoms with Crippen molar-refractivity contribution in [3.8, 4) is 0 Å². The second kappa shape index (κ2) is 6.00. The Bertz CT molecular complexity index is 472. The lowest BCUT2D eigenvalue weighted by Crippen LogP contribution is -2.36. The number of aryl methyl sites for hydroxylation is 1. The molecule has 0 radical (unpaired) electrons. The van der Waals surface area contributed by atoms with Gasteiger partial charge < -0.3 is 10.6 Å². The molecule has 0 fully saturated rings. The molecule has 0 heterocycles. The smallest absolute Gasteiger partial charge is 0.235 e. The Morgan fingerprint density at radius 3 is 2.61 bits per heavy atom. The molecule has 0 saturated heterocycles. The topological polar surface area (TPSA) is 63.4 Å². The van der Waals surface area contributed by atoms with Gasteiger partial charge in [-0.2, -0.15) is 0 Å². The number of carbonyl (C=O) groups excluding carboxylic acids is 1. The van der Waals surface area contributed by atoms with E-state index in [1.165, 1.54) is 0 Å². The van der Waals surface area contributed by atoms with Crippen LogP contribution in [0.3, 0.4) is 0 Å². The van der Waals surface area contributed by atoms with Gasteiger partial charge in [0.2, 0.25) is 5.91 Å². The van der Waals surface area contributed by atoms with Crippen molar-refractivity contribution in [3.63, 3.8) is 0 Å². The molecule has 0 saturated carbocycles. The van der Waals surface area contributed by atoms with Crippen LogP contribution in [0.1, 0.15) is 19.4 Å². The lowest BCUT2D eigenvalue weighted by Gasteiger charge is -2.21. The molecule has 2 N–H and O–H groups in total. The Morgan fingerprint density at radius 2 is 2.06 bits per heavy atom. The van der Waals surface area contributed by atoms with Gasteiger partial charge in [0.15, 0.2) is 0 Å². The van der Waals surface area contributed by atoms with Gasteiger partial charge >= 0.3 is 0 Å². The maximum absolute atomic E-state index is 12.1. The Balaban J connectivity index is 2.83. The fourth-order valence-corrected chi connectivity index (χ4v) is 2.65. The van der Waals surface area contributed by atoms with Crippen molar-refractivity contribution in [1.29, 1.82) is 0 Å². The normalized spacial score (nSPS) is 12.5. The molecular formula is C13H20N2O2S. The summed E-state index contributed by atoms with van der Waals surface area (Å²) in [6.07, 6.45) is 0. The zero-order chi connectivity index (χ0) is 13.9. The number of para-hydroxylation sites is 1. The van der Waals surface area contributed by atoms with Crippen LogP contribution in [0.4, 0.5) is 5.69 Å². The van der Waals surface area contributed by atoms with Gasteiger partial charge in [0.25, 0.3) is 0 Å². The standard InChI is InChI=1S/C13H20N2O2S/c1-9(2)15(4)12(16)8-18(17)11-7-5-6-10(3)13(11)14/h5-7,9H,8,14H2,1-4H3. The lowest BCUT2D eigenvalue weighted by molar-refractivity contribution is -0.128. The minimum Gasteiger partial charge on any atom is -0.398 e. The van der Waals surface area contributed by atoms with Crippen LogP contribution >= 0.6 is 0 Å². The number of nitrogens with zero attached hydrogens (tertiary/aromatic N) is 1. The van der Waals surface area contributed by atoms with Gasteiger partial charge in [0.1, 0.15) is 5.75 Å². The first-order chi connectivity index (χ1) is 8.34. The molecular weight excluding hydrogens is 248 g/mol. The number of rotatable bonds is 4. The molecule has 1 rings (SSSR count). The van der Waals surface area contributed by atoms with E-state index >= 15 is 0 Å². The number of benzene rings is 1. The third-order valence-corrected chi connectivity index (χ3v) is 4.31. The van der Waals surface area contributed by atoms with Crippen LogP contribution in [0.5, 0.6) is 0 Å². The molecule has 0 spiro atoms. The molecule has 1 atom stereocenters. The highest BCUT2D eigenvalue weighted by Crippen LogP contribution is 2.20. The highest BCUT2D eigenvalue weighted by Gasteiger charge is 2.18. The number of hydrogen-bond donors (Lipinski definition) is 1. The zero-order valence-electron chi connectivity index (χ0n) is 11.3. The number of nitrogen functional groups attached to an aromatic ring is 1. The first kappa shape index (κ1) is 14.7. The summed E-state index contributed by atoms with van der Waals surface area (Å²) in [5, 5.41) is 0. The Kier molecular flexibility index (Phi) is 4.90. The highest BCUT2D eigenvalue weighted by atomic mass is 32.2. The third-order valence-electron chi connectivity index (χ3n) is 2.95. The predicted molar refractivity (Wildman–Crippen MR) is 74.8 cm³/mol. The van der Waals surface area contributed by atoms with Crippen LogP contribution in [0.15, 0.2) is 23.1 Å². The van der Waals surface area contributed by atoms with Crippen LogP contribution in [0.25, 0.3) is 0 Å². The molecule has 0 aliphatic carbocycles. The molecule has 0 aliphatic rings. The van der Waals surface area contributed by atoms with Gasteiger partial charge in [0.05, 0.1) is 21.4 Å². The molecule has 1 aromatic rings. The fraction of sp³-hybridized carbons (Fsp3) is 0.462. The number of amides is 1. The molecule has 1 amide bonds. The van der Waals surface area contributed by atoms with Gasteiger partial charge in [-0.3, -0.25) is 9.00 Å². The first-order valence-electron chi connectivity index (χ1n) is 5.83. The highest BCUT2D eigenvalue weighted by molar-refractivity contribution is 7.86. The van der Waals surface area contributed by atoms with Crippen molar-refractivity contribution >= 4 is 22.4 Å². The van der Waals surface area contributed by atoms with E-state index in [1.807, 2.05) is 26.8 Å². The molecule has 1 unspecified atom stereocenters. The van der Waals surface area contributed by atoms with E-state index in [2.05, 4.69) is 0 Å². The molecule has 5 heteroatoms.